The minimum absolute atomic E-state index is 0.0362. The Morgan fingerprint density at radius 1 is 0.917 bits per heavy atom. The van der Waals surface area contributed by atoms with E-state index in [0.717, 1.165) is 10.9 Å². The maximum Gasteiger partial charge on any atom is 0.200 e. The summed E-state index contributed by atoms with van der Waals surface area (Å²) >= 11 is 0. The van der Waals surface area contributed by atoms with E-state index in [1.54, 1.807) is 24.3 Å². The molecule has 24 heavy (non-hydrogen) atoms. The van der Waals surface area contributed by atoms with E-state index in [2.05, 4.69) is 4.98 Å². The van der Waals surface area contributed by atoms with Gasteiger partial charge in [0.05, 0.1) is 19.9 Å². The zero-order valence-electron chi connectivity index (χ0n) is 13.4. The van der Waals surface area contributed by atoms with Crippen LogP contribution in [0.15, 0.2) is 42.5 Å². The zero-order chi connectivity index (χ0) is 17.1. The number of ether oxygens (including phenoxy) is 2. The van der Waals surface area contributed by atoms with Crippen LogP contribution in [-0.2, 0) is 0 Å². The lowest BCUT2D eigenvalue weighted by molar-refractivity contribution is 0.340. The third-order valence-corrected chi connectivity index (χ3v) is 3.67. The Labute approximate surface area is 139 Å². The summed E-state index contributed by atoms with van der Waals surface area (Å²) in [5.41, 5.74) is 2.05. The Morgan fingerprint density at radius 3 is 2.29 bits per heavy atom. The Bertz CT molecular complexity index is 893. The van der Waals surface area contributed by atoms with E-state index in [-0.39, 0.29) is 11.5 Å². The van der Waals surface area contributed by atoms with Crippen molar-refractivity contribution in [2.24, 2.45) is 0 Å². The van der Waals surface area contributed by atoms with Gasteiger partial charge < -0.3 is 19.7 Å². The number of pyridine rings is 1. The normalized spacial score (nSPS) is 11.1. The van der Waals surface area contributed by atoms with Crippen LogP contribution in [0.5, 0.6) is 23.0 Å². The minimum Gasteiger partial charge on any atom is -0.506 e. The van der Waals surface area contributed by atoms with Gasteiger partial charge in [-0.25, -0.2) is 4.98 Å². The maximum atomic E-state index is 9.93. The first-order valence-electron chi connectivity index (χ1n) is 7.34. The van der Waals surface area contributed by atoms with Crippen LogP contribution in [0.2, 0.25) is 0 Å². The summed E-state index contributed by atoms with van der Waals surface area (Å²) in [5.74, 6) is 0.776. The van der Waals surface area contributed by atoms with E-state index in [0.29, 0.717) is 22.7 Å². The number of methoxy groups -OCH3 is 2. The molecule has 5 nitrogen and oxygen atoms in total. The van der Waals surface area contributed by atoms with Crippen molar-refractivity contribution in [1.29, 1.82) is 0 Å². The number of aromatic hydroxyl groups is 2. The Morgan fingerprint density at radius 2 is 1.62 bits per heavy atom. The summed E-state index contributed by atoms with van der Waals surface area (Å²) < 4.78 is 10.3. The van der Waals surface area contributed by atoms with Crippen molar-refractivity contribution in [3.05, 3.63) is 53.7 Å². The quantitative estimate of drug-likeness (QED) is 0.763. The third-order valence-electron chi connectivity index (χ3n) is 3.67. The lowest BCUT2D eigenvalue weighted by atomic mass is 10.1. The lowest BCUT2D eigenvalue weighted by Gasteiger charge is -2.09. The first-order valence-corrected chi connectivity index (χ1v) is 7.34. The first-order chi connectivity index (χ1) is 11.6. The van der Waals surface area contributed by atoms with Crippen LogP contribution in [-0.4, -0.2) is 29.4 Å². The molecule has 0 saturated carbocycles. The Kier molecular flexibility index (Phi) is 4.24. The zero-order valence-corrected chi connectivity index (χ0v) is 13.4. The van der Waals surface area contributed by atoms with Gasteiger partial charge in [0.2, 0.25) is 5.75 Å². The SMILES string of the molecule is COc1cc(C=Cc2ccc3cccc(O)c3n2)cc(OC)c1O. The predicted octanol–water partition coefficient (Wildman–Crippen LogP) is 3.83. The van der Waals surface area contributed by atoms with Crippen molar-refractivity contribution < 1.29 is 19.7 Å². The highest BCUT2D eigenvalue weighted by Gasteiger charge is 2.10. The molecule has 0 fully saturated rings. The highest BCUT2D eigenvalue weighted by Crippen LogP contribution is 2.37. The van der Waals surface area contributed by atoms with Crippen LogP contribution in [0.1, 0.15) is 11.3 Å². The number of fused-ring (bicyclic) bond motifs is 1. The highest BCUT2D eigenvalue weighted by molar-refractivity contribution is 5.85. The average Bonchev–Trinajstić information content (AvgIpc) is 2.61. The van der Waals surface area contributed by atoms with Crippen molar-refractivity contribution in [3.63, 3.8) is 0 Å². The van der Waals surface area contributed by atoms with Gasteiger partial charge in [-0.15, -0.1) is 0 Å². The Hall–Kier alpha value is -3.21. The number of aromatic nitrogens is 1. The second-order valence-electron chi connectivity index (χ2n) is 5.19. The molecule has 0 aliphatic carbocycles. The summed E-state index contributed by atoms with van der Waals surface area (Å²) in [6.07, 6.45) is 3.65. The van der Waals surface area contributed by atoms with E-state index in [9.17, 15) is 10.2 Å². The number of phenols is 2. The summed E-state index contributed by atoms with van der Waals surface area (Å²) in [4.78, 5) is 4.44. The number of phenolic OH excluding ortho intramolecular Hbond substituents is 2. The summed E-state index contributed by atoms with van der Waals surface area (Å²) in [5, 5.41) is 20.7. The van der Waals surface area contributed by atoms with Crippen molar-refractivity contribution in [2.45, 2.75) is 0 Å². The van der Waals surface area contributed by atoms with Gasteiger partial charge in [-0.05, 0) is 35.9 Å². The predicted molar refractivity (Wildman–Crippen MR) is 93.5 cm³/mol. The maximum absolute atomic E-state index is 9.93. The molecule has 0 atom stereocenters. The molecule has 0 radical (unpaired) electrons. The number of hydrogen-bond donors (Lipinski definition) is 2. The highest BCUT2D eigenvalue weighted by atomic mass is 16.5. The number of para-hydroxylation sites is 1. The van der Waals surface area contributed by atoms with Gasteiger partial charge in [0, 0.05) is 5.39 Å². The van der Waals surface area contributed by atoms with E-state index >= 15 is 0 Å². The van der Waals surface area contributed by atoms with Gasteiger partial charge in [-0.3, -0.25) is 0 Å². The molecular weight excluding hydrogens is 306 g/mol. The topological polar surface area (TPSA) is 71.8 Å². The molecule has 3 rings (SSSR count). The van der Waals surface area contributed by atoms with E-state index in [4.69, 9.17) is 9.47 Å². The molecule has 5 heteroatoms. The Balaban J connectivity index is 1.97. The van der Waals surface area contributed by atoms with Crippen LogP contribution in [0.25, 0.3) is 23.1 Å². The number of nitrogens with zero attached hydrogens (tertiary/aromatic N) is 1. The van der Waals surface area contributed by atoms with Gasteiger partial charge in [-0.2, -0.15) is 0 Å². The molecule has 3 aromatic rings. The molecule has 122 valence electrons. The molecule has 0 aliphatic rings. The summed E-state index contributed by atoms with van der Waals surface area (Å²) in [6, 6.07) is 12.5. The fraction of sp³-hybridized carbons (Fsp3) is 0.105. The molecule has 1 heterocycles. The number of hydrogen-bond acceptors (Lipinski definition) is 5. The second kappa shape index (κ2) is 6.50. The second-order valence-corrected chi connectivity index (χ2v) is 5.19. The van der Waals surface area contributed by atoms with Gasteiger partial charge >= 0.3 is 0 Å². The molecule has 1 aromatic heterocycles. The van der Waals surface area contributed by atoms with Crippen molar-refractivity contribution >= 4 is 23.1 Å². The smallest absolute Gasteiger partial charge is 0.200 e. The third kappa shape index (κ3) is 2.96. The molecule has 0 amide bonds. The van der Waals surface area contributed by atoms with Crippen LogP contribution in [0.4, 0.5) is 0 Å². The van der Waals surface area contributed by atoms with E-state index in [1.807, 2.05) is 30.4 Å². The molecule has 0 spiro atoms. The van der Waals surface area contributed by atoms with Gasteiger partial charge in [-0.1, -0.05) is 24.3 Å². The molecule has 0 saturated heterocycles. The number of rotatable bonds is 4. The molecule has 2 aromatic carbocycles. The molecular formula is C19H17NO4. The number of benzene rings is 2. The fourth-order valence-electron chi connectivity index (χ4n) is 2.43. The van der Waals surface area contributed by atoms with Crippen LogP contribution in [0.3, 0.4) is 0 Å². The van der Waals surface area contributed by atoms with Crippen molar-refractivity contribution in [3.8, 4) is 23.0 Å². The molecule has 0 bridgehead atoms. The van der Waals surface area contributed by atoms with Gasteiger partial charge in [0.1, 0.15) is 11.3 Å². The minimum atomic E-state index is -0.0362. The van der Waals surface area contributed by atoms with Crippen molar-refractivity contribution in [2.75, 3.05) is 14.2 Å². The average molecular weight is 323 g/mol. The monoisotopic (exact) mass is 323 g/mol. The van der Waals surface area contributed by atoms with Crippen molar-refractivity contribution in [1.82, 2.24) is 4.98 Å². The van der Waals surface area contributed by atoms with Gasteiger partial charge in [0.15, 0.2) is 11.5 Å². The summed E-state index contributed by atoms with van der Waals surface area (Å²) in [6.45, 7) is 0. The fourth-order valence-corrected chi connectivity index (χ4v) is 2.43. The van der Waals surface area contributed by atoms with Crippen LogP contribution < -0.4 is 9.47 Å². The molecule has 0 aliphatic heterocycles. The molecule has 0 unspecified atom stereocenters. The lowest BCUT2D eigenvalue weighted by Crippen LogP contribution is -1.90. The molecule has 2 N–H and O–H groups in total. The van der Waals surface area contributed by atoms with Crippen LogP contribution >= 0.6 is 0 Å². The van der Waals surface area contributed by atoms with E-state index < -0.39 is 0 Å². The van der Waals surface area contributed by atoms with Gasteiger partial charge in [0.25, 0.3) is 0 Å². The first kappa shape index (κ1) is 15.7. The largest absolute Gasteiger partial charge is 0.506 e. The summed E-state index contributed by atoms with van der Waals surface area (Å²) in [7, 11) is 2.96. The van der Waals surface area contributed by atoms with Crippen LogP contribution in [0, 0.1) is 0 Å². The standard InChI is InChI=1S/C19H17NO4/c1-23-16-10-12(11-17(24-2)19(16)22)6-8-14-9-7-13-4-3-5-15(21)18(13)20-14/h3-11,21-22H,1-2H3. The van der Waals surface area contributed by atoms with E-state index in [1.165, 1.54) is 14.2 Å².